The van der Waals surface area contributed by atoms with E-state index >= 15 is 0 Å². The lowest BCUT2D eigenvalue weighted by Gasteiger charge is -2.10. The highest BCUT2D eigenvalue weighted by molar-refractivity contribution is 6.32. The number of aryl methyl sites for hydroxylation is 1. The summed E-state index contributed by atoms with van der Waals surface area (Å²) in [5, 5.41) is 0.685. The maximum Gasteiger partial charge on any atom is 0.137 e. The minimum atomic E-state index is 0.283. The summed E-state index contributed by atoms with van der Waals surface area (Å²) in [5.74, 6) is 0.757. The predicted molar refractivity (Wildman–Crippen MR) is 69.2 cm³/mol. The minimum absolute atomic E-state index is 0.283. The van der Waals surface area contributed by atoms with Gasteiger partial charge in [0.25, 0.3) is 0 Å². The monoisotopic (exact) mass is 241 g/mol. The van der Waals surface area contributed by atoms with Crippen molar-refractivity contribution in [3.05, 3.63) is 28.8 Å². The number of ether oxygens (including phenoxy) is 1. The van der Waals surface area contributed by atoms with Crippen LogP contribution >= 0.6 is 11.6 Å². The molecule has 1 aromatic carbocycles. The van der Waals surface area contributed by atoms with Gasteiger partial charge in [0.2, 0.25) is 0 Å². The zero-order chi connectivity index (χ0) is 12.0. The molecule has 0 aliphatic rings. The molecule has 0 radical (unpaired) electrons. The topological polar surface area (TPSA) is 35.2 Å². The van der Waals surface area contributed by atoms with Crippen molar-refractivity contribution < 1.29 is 4.74 Å². The van der Waals surface area contributed by atoms with Gasteiger partial charge < -0.3 is 10.5 Å². The molecule has 2 N–H and O–H groups in total. The van der Waals surface area contributed by atoms with E-state index in [2.05, 4.69) is 13.0 Å². The summed E-state index contributed by atoms with van der Waals surface area (Å²) in [6.07, 6.45) is 2.99. The van der Waals surface area contributed by atoms with Crippen molar-refractivity contribution >= 4 is 11.6 Å². The van der Waals surface area contributed by atoms with Crippen molar-refractivity contribution in [3.8, 4) is 5.75 Å². The molecule has 1 rings (SSSR count). The van der Waals surface area contributed by atoms with Crippen molar-refractivity contribution in [3.63, 3.8) is 0 Å². The predicted octanol–water partition coefficient (Wildman–Crippen LogP) is 3.41. The van der Waals surface area contributed by atoms with E-state index in [1.54, 1.807) is 0 Å². The van der Waals surface area contributed by atoms with Crippen LogP contribution in [0, 0.1) is 0 Å². The fourth-order valence-electron chi connectivity index (χ4n) is 1.53. The van der Waals surface area contributed by atoms with E-state index in [0.29, 0.717) is 11.6 Å². The third-order valence-corrected chi connectivity index (χ3v) is 2.92. The third kappa shape index (κ3) is 4.03. The molecule has 0 amide bonds. The molecule has 0 saturated carbocycles. The molecule has 0 spiro atoms. The molecule has 1 atom stereocenters. The highest BCUT2D eigenvalue weighted by atomic mass is 35.5. The molecule has 16 heavy (non-hydrogen) atoms. The lowest BCUT2D eigenvalue weighted by molar-refractivity contribution is 0.340. The number of hydrogen-bond donors (Lipinski definition) is 1. The van der Waals surface area contributed by atoms with Crippen LogP contribution in [-0.2, 0) is 6.42 Å². The SMILES string of the molecule is CCOc1ccc(CCC(N)CC)cc1Cl. The van der Waals surface area contributed by atoms with Crippen LogP contribution < -0.4 is 10.5 Å². The number of halogens is 1. The molecule has 0 bridgehead atoms. The summed E-state index contributed by atoms with van der Waals surface area (Å²) < 4.78 is 5.38. The van der Waals surface area contributed by atoms with Gasteiger partial charge in [-0.25, -0.2) is 0 Å². The molecule has 3 heteroatoms. The Labute approximate surface area is 103 Å². The quantitative estimate of drug-likeness (QED) is 0.829. The number of rotatable bonds is 6. The molecule has 0 aromatic heterocycles. The van der Waals surface area contributed by atoms with E-state index in [4.69, 9.17) is 22.1 Å². The van der Waals surface area contributed by atoms with Crippen molar-refractivity contribution in [2.24, 2.45) is 5.73 Å². The molecule has 0 saturated heterocycles. The van der Waals surface area contributed by atoms with Crippen LogP contribution in [0.4, 0.5) is 0 Å². The molecule has 0 heterocycles. The average molecular weight is 242 g/mol. The fourth-order valence-corrected chi connectivity index (χ4v) is 1.79. The van der Waals surface area contributed by atoms with Crippen molar-refractivity contribution in [1.82, 2.24) is 0 Å². The second-order valence-electron chi connectivity index (χ2n) is 3.90. The van der Waals surface area contributed by atoms with Gasteiger partial charge in [0, 0.05) is 6.04 Å². The first kappa shape index (κ1) is 13.3. The van der Waals surface area contributed by atoms with Crippen LogP contribution in [0.2, 0.25) is 5.02 Å². The zero-order valence-corrected chi connectivity index (χ0v) is 10.8. The van der Waals surface area contributed by atoms with Gasteiger partial charge in [0.15, 0.2) is 0 Å². The lowest BCUT2D eigenvalue weighted by atomic mass is 10.0. The molecule has 1 unspecified atom stereocenters. The molecule has 0 aliphatic heterocycles. The van der Waals surface area contributed by atoms with Gasteiger partial charge in [0.1, 0.15) is 5.75 Å². The first-order chi connectivity index (χ1) is 7.67. The maximum atomic E-state index is 6.10. The van der Waals surface area contributed by atoms with Gasteiger partial charge in [-0.15, -0.1) is 0 Å². The standard InChI is InChI=1S/C13H20ClNO/c1-3-11(15)7-5-10-6-8-13(16-4-2)12(14)9-10/h6,8-9,11H,3-5,7,15H2,1-2H3. The Morgan fingerprint density at radius 3 is 2.69 bits per heavy atom. The molecular formula is C13H20ClNO. The average Bonchev–Trinajstić information content (AvgIpc) is 2.29. The highest BCUT2D eigenvalue weighted by Gasteiger charge is 2.04. The first-order valence-electron chi connectivity index (χ1n) is 5.84. The summed E-state index contributed by atoms with van der Waals surface area (Å²) in [7, 11) is 0. The Hall–Kier alpha value is -0.730. The normalized spacial score (nSPS) is 12.5. The van der Waals surface area contributed by atoms with Crippen LogP contribution in [0.1, 0.15) is 32.3 Å². The van der Waals surface area contributed by atoms with Crippen molar-refractivity contribution in [2.75, 3.05) is 6.61 Å². The van der Waals surface area contributed by atoms with Crippen LogP contribution in [0.15, 0.2) is 18.2 Å². The molecule has 0 aliphatic carbocycles. The molecule has 1 aromatic rings. The largest absolute Gasteiger partial charge is 0.492 e. The number of benzene rings is 1. The third-order valence-electron chi connectivity index (χ3n) is 2.62. The van der Waals surface area contributed by atoms with Crippen LogP contribution in [0.25, 0.3) is 0 Å². The smallest absolute Gasteiger partial charge is 0.137 e. The van der Waals surface area contributed by atoms with Crippen LogP contribution in [0.3, 0.4) is 0 Å². The van der Waals surface area contributed by atoms with Crippen LogP contribution in [0.5, 0.6) is 5.75 Å². The van der Waals surface area contributed by atoms with Crippen molar-refractivity contribution in [1.29, 1.82) is 0 Å². The lowest BCUT2D eigenvalue weighted by Crippen LogP contribution is -2.19. The van der Waals surface area contributed by atoms with Gasteiger partial charge >= 0.3 is 0 Å². The number of hydrogen-bond acceptors (Lipinski definition) is 2. The zero-order valence-electron chi connectivity index (χ0n) is 10.0. The van der Waals surface area contributed by atoms with Gasteiger partial charge in [-0.3, -0.25) is 0 Å². The Balaban J connectivity index is 2.59. The Bertz CT molecular complexity index is 328. The van der Waals surface area contributed by atoms with Crippen molar-refractivity contribution in [2.45, 2.75) is 39.2 Å². The summed E-state index contributed by atoms with van der Waals surface area (Å²) in [4.78, 5) is 0. The van der Waals surface area contributed by atoms with Gasteiger partial charge in [-0.05, 0) is 43.9 Å². The van der Waals surface area contributed by atoms with Gasteiger partial charge in [-0.2, -0.15) is 0 Å². The maximum absolute atomic E-state index is 6.10. The summed E-state index contributed by atoms with van der Waals surface area (Å²) in [5.41, 5.74) is 7.10. The molecule has 90 valence electrons. The van der Waals surface area contributed by atoms with Gasteiger partial charge in [-0.1, -0.05) is 24.6 Å². The summed E-state index contributed by atoms with van der Waals surface area (Å²) in [6.45, 7) is 4.69. The summed E-state index contributed by atoms with van der Waals surface area (Å²) >= 11 is 6.10. The van der Waals surface area contributed by atoms with Gasteiger partial charge in [0.05, 0.1) is 11.6 Å². The molecule has 0 fully saturated rings. The Morgan fingerprint density at radius 2 is 2.12 bits per heavy atom. The van der Waals surface area contributed by atoms with E-state index in [-0.39, 0.29) is 6.04 Å². The van der Waals surface area contributed by atoms with E-state index in [1.165, 1.54) is 5.56 Å². The van der Waals surface area contributed by atoms with Crippen LogP contribution in [-0.4, -0.2) is 12.6 Å². The Kier molecular flexibility index (Phi) is 5.64. The van der Waals surface area contributed by atoms with E-state index in [1.807, 2.05) is 19.1 Å². The fraction of sp³-hybridized carbons (Fsp3) is 0.538. The summed E-state index contributed by atoms with van der Waals surface area (Å²) in [6, 6.07) is 6.23. The molecule has 2 nitrogen and oxygen atoms in total. The second-order valence-corrected chi connectivity index (χ2v) is 4.31. The van der Waals surface area contributed by atoms with E-state index in [9.17, 15) is 0 Å². The van der Waals surface area contributed by atoms with E-state index < -0.39 is 0 Å². The number of nitrogens with two attached hydrogens (primary N) is 1. The highest BCUT2D eigenvalue weighted by Crippen LogP contribution is 2.26. The minimum Gasteiger partial charge on any atom is -0.492 e. The molecular weight excluding hydrogens is 222 g/mol. The Morgan fingerprint density at radius 1 is 1.38 bits per heavy atom. The van der Waals surface area contributed by atoms with E-state index in [0.717, 1.165) is 25.0 Å². The first-order valence-corrected chi connectivity index (χ1v) is 6.22. The second kappa shape index (κ2) is 6.77.